The molecule has 1 unspecified atom stereocenters. The monoisotopic (exact) mass is 352 g/mol. The lowest BCUT2D eigenvalue weighted by Gasteiger charge is -2.13. The molecule has 0 fully saturated rings. The first-order valence-electron chi connectivity index (χ1n) is 7.89. The molecule has 132 valence electrons. The minimum absolute atomic E-state index is 0.0893. The van der Waals surface area contributed by atoms with E-state index in [0.29, 0.717) is 11.8 Å². The molecule has 4 nitrogen and oxygen atoms in total. The van der Waals surface area contributed by atoms with Crippen molar-refractivity contribution in [2.45, 2.75) is 53.1 Å². The molecule has 5 heteroatoms. The van der Waals surface area contributed by atoms with Gasteiger partial charge in [-0.1, -0.05) is 29.3 Å². The molecule has 3 N–H and O–H groups in total. The molecule has 0 aliphatic heterocycles. The zero-order chi connectivity index (χ0) is 18.4. The number of carbonyl (C=O) groups excluding carboxylic acids is 1. The fourth-order valence-corrected chi connectivity index (χ4v) is 2.51. The zero-order valence-corrected chi connectivity index (χ0v) is 15.3. The SMILES string of the molecule is CC(=CCc1c(O)c(Cl)c(C)c(C=O)c1O)CCC=C(C)C(C)O. The van der Waals surface area contributed by atoms with Crippen molar-refractivity contribution in [1.29, 1.82) is 0 Å². The summed E-state index contributed by atoms with van der Waals surface area (Å²) in [7, 11) is 0. The summed E-state index contributed by atoms with van der Waals surface area (Å²) in [6.45, 7) is 7.14. The molecule has 0 saturated heterocycles. The van der Waals surface area contributed by atoms with Gasteiger partial charge in [0.25, 0.3) is 0 Å². The van der Waals surface area contributed by atoms with E-state index in [9.17, 15) is 20.1 Å². The number of hydrogen-bond acceptors (Lipinski definition) is 4. The van der Waals surface area contributed by atoms with Crippen LogP contribution in [0, 0.1) is 6.92 Å². The Labute approximate surface area is 148 Å². The number of aliphatic hydroxyl groups is 1. The van der Waals surface area contributed by atoms with Gasteiger partial charge in [0.05, 0.1) is 16.7 Å². The van der Waals surface area contributed by atoms with Gasteiger partial charge in [0.2, 0.25) is 0 Å². The first-order valence-corrected chi connectivity index (χ1v) is 8.26. The van der Waals surface area contributed by atoms with E-state index >= 15 is 0 Å². The third kappa shape index (κ3) is 4.86. The maximum absolute atomic E-state index is 11.1. The van der Waals surface area contributed by atoms with Gasteiger partial charge < -0.3 is 15.3 Å². The highest BCUT2D eigenvalue weighted by Gasteiger charge is 2.19. The zero-order valence-electron chi connectivity index (χ0n) is 14.6. The van der Waals surface area contributed by atoms with Gasteiger partial charge in [0.15, 0.2) is 6.29 Å². The van der Waals surface area contributed by atoms with Gasteiger partial charge in [-0.15, -0.1) is 0 Å². The van der Waals surface area contributed by atoms with Crippen molar-refractivity contribution in [2.24, 2.45) is 0 Å². The number of carbonyl (C=O) groups is 1. The number of phenolic OH excluding ortho intramolecular Hbond substituents is 2. The van der Waals surface area contributed by atoms with Gasteiger partial charge in [-0.05, 0) is 58.1 Å². The van der Waals surface area contributed by atoms with Crippen LogP contribution in [0.25, 0.3) is 0 Å². The number of allylic oxidation sites excluding steroid dienone is 3. The van der Waals surface area contributed by atoms with Crippen LogP contribution in [-0.4, -0.2) is 27.7 Å². The van der Waals surface area contributed by atoms with Gasteiger partial charge >= 0.3 is 0 Å². The van der Waals surface area contributed by atoms with Crippen molar-refractivity contribution >= 4 is 17.9 Å². The Bertz CT molecular complexity index is 673. The maximum atomic E-state index is 11.1. The smallest absolute Gasteiger partial charge is 0.154 e. The minimum Gasteiger partial charge on any atom is -0.507 e. The van der Waals surface area contributed by atoms with Crippen LogP contribution in [0.3, 0.4) is 0 Å². The quantitative estimate of drug-likeness (QED) is 0.500. The van der Waals surface area contributed by atoms with E-state index in [4.69, 9.17) is 11.6 Å². The number of benzene rings is 1. The van der Waals surface area contributed by atoms with Gasteiger partial charge in [0.1, 0.15) is 11.5 Å². The average Bonchev–Trinajstić information content (AvgIpc) is 2.53. The van der Waals surface area contributed by atoms with Crippen LogP contribution in [0.4, 0.5) is 0 Å². The molecule has 1 atom stereocenters. The van der Waals surface area contributed by atoms with E-state index in [1.54, 1.807) is 13.8 Å². The Morgan fingerprint density at radius 1 is 1.21 bits per heavy atom. The summed E-state index contributed by atoms with van der Waals surface area (Å²) < 4.78 is 0. The van der Waals surface area contributed by atoms with Crippen LogP contribution in [0.15, 0.2) is 23.3 Å². The van der Waals surface area contributed by atoms with Crippen molar-refractivity contribution < 1.29 is 20.1 Å². The number of aldehydes is 1. The predicted octanol–water partition coefficient (Wildman–Crippen LogP) is 4.47. The normalized spacial score (nSPS) is 13.9. The van der Waals surface area contributed by atoms with E-state index in [1.165, 1.54) is 0 Å². The lowest BCUT2D eigenvalue weighted by atomic mass is 9.99. The second-order valence-corrected chi connectivity index (χ2v) is 6.44. The highest BCUT2D eigenvalue weighted by atomic mass is 35.5. The minimum atomic E-state index is -0.445. The third-order valence-electron chi connectivity index (χ3n) is 4.20. The fraction of sp³-hybridized carbons (Fsp3) is 0.421. The van der Waals surface area contributed by atoms with Crippen LogP contribution in [0.1, 0.15) is 55.1 Å². The van der Waals surface area contributed by atoms with Gasteiger partial charge in [0, 0.05) is 5.56 Å². The number of halogens is 1. The van der Waals surface area contributed by atoms with E-state index in [1.807, 2.05) is 26.0 Å². The second kappa shape index (κ2) is 8.90. The van der Waals surface area contributed by atoms with Gasteiger partial charge in [-0.25, -0.2) is 0 Å². The molecule has 0 spiro atoms. The number of aliphatic hydroxyl groups excluding tert-OH is 1. The lowest BCUT2D eigenvalue weighted by molar-refractivity contribution is 0.112. The van der Waals surface area contributed by atoms with Crippen molar-refractivity contribution in [3.8, 4) is 11.5 Å². The molecule has 0 aromatic heterocycles. The third-order valence-corrected chi connectivity index (χ3v) is 4.67. The topological polar surface area (TPSA) is 77.8 Å². The van der Waals surface area contributed by atoms with E-state index in [2.05, 4.69) is 0 Å². The molecule has 0 radical (unpaired) electrons. The molecule has 0 heterocycles. The molecule has 0 bridgehead atoms. The summed E-state index contributed by atoms with van der Waals surface area (Å²) in [4.78, 5) is 11.1. The fourth-order valence-electron chi connectivity index (χ4n) is 2.29. The number of aromatic hydroxyl groups is 2. The molecule has 1 rings (SSSR count). The standard InChI is InChI=1S/C19H25ClO4/c1-11(6-5-7-12(2)14(4)22)8-9-15-18(23)16(10-21)13(3)17(20)19(15)24/h7-8,10,14,22-24H,5-6,9H2,1-4H3. The highest BCUT2D eigenvalue weighted by Crippen LogP contribution is 2.40. The van der Waals surface area contributed by atoms with Crippen molar-refractivity contribution in [3.63, 3.8) is 0 Å². The van der Waals surface area contributed by atoms with Crippen LogP contribution in [-0.2, 0) is 6.42 Å². The molecule has 0 aliphatic carbocycles. The molecule has 24 heavy (non-hydrogen) atoms. The highest BCUT2D eigenvalue weighted by molar-refractivity contribution is 6.33. The first-order chi connectivity index (χ1) is 11.2. The van der Waals surface area contributed by atoms with Crippen molar-refractivity contribution in [3.05, 3.63) is 45.0 Å². The molecular formula is C19H25ClO4. The lowest BCUT2D eigenvalue weighted by Crippen LogP contribution is -2.00. The number of phenols is 2. The van der Waals surface area contributed by atoms with Crippen LogP contribution < -0.4 is 0 Å². The van der Waals surface area contributed by atoms with E-state index in [-0.39, 0.29) is 34.1 Å². The van der Waals surface area contributed by atoms with E-state index < -0.39 is 6.10 Å². The summed E-state index contributed by atoms with van der Waals surface area (Å²) >= 11 is 6.03. The second-order valence-electron chi connectivity index (χ2n) is 6.06. The Morgan fingerprint density at radius 3 is 2.38 bits per heavy atom. The summed E-state index contributed by atoms with van der Waals surface area (Å²) in [6, 6.07) is 0. The molecule has 0 amide bonds. The van der Waals surface area contributed by atoms with Crippen molar-refractivity contribution in [1.82, 2.24) is 0 Å². The Kier molecular flexibility index (Phi) is 7.52. The van der Waals surface area contributed by atoms with Gasteiger partial charge in [-0.3, -0.25) is 4.79 Å². The molecular weight excluding hydrogens is 328 g/mol. The number of rotatable bonds is 7. The van der Waals surface area contributed by atoms with Crippen LogP contribution in [0.2, 0.25) is 5.02 Å². The Hall–Kier alpha value is -1.78. The summed E-state index contributed by atoms with van der Waals surface area (Å²) in [5.41, 5.74) is 2.73. The molecule has 1 aromatic carbocycles. The Balaban J connectivity index is 2.92. The van der Waals surface area contributed by atoms with E-state index in [0.717, 1.165) is 24.0 Å². The summed E-state index contributed by atoms with van der Waals surface area (Å²) in [5.74, 6) is -0.413. The summed E-state index contributed by atoms with van der Waals surface area (Å²) in [6.07, 6.45) is 5.85. The maximum Gasteiger partial charge on any atom is 0.154 e. The molecule has 0 aliphatic rings. The predicted molar refractivity (Wildman–Crippen MR) is 97.0 cm³/mol. The van der Waals surface area contributed by atoms with Crippen molar-refractivity contribution in [2.75, 3.05) is 0 Å². The number of hydrogen-bond donors (Lipinski definition) is 3. The van der Waals surface area contributed by atoms with Gasteiger partial charge in [-0.2, -0.15) is 0 Å². The largest absolute Gasteiger partial charge is 0.507 e. The molecule has 0 saturated carbocycles. The average molecular weight is 353 g/mol. The Morgan fingerprint density at radius 2 is 1.83 bits per heavy atom. The first kappa shape index (κ1) is 20.3. The summed E-state index contributed by atoms with van der Waals surface area (Å²) in [5, 5.41) is 29.8. The molecule has 1 aromatic rings. The van der Waals surface area contributed by atoms with Crippen LogP contribution in [0.5, 0.6) is 11.5 Å². The van der Waals surface area contributed by atoms with Crippen LogP contribution >= 0.6 is 11.6 Å².